The summed E-state index contributed by atoms with van der Waals surface area (Å²) < 4.78 is 0. The van der Waals surface area contributed by atoms with Gasteiger partial charge in [-0.2, -0.15) is 0 Å². The molecule has 0 aromatic heterocycles. The molecule has 121 valence electrons. The average molecular weight is 281 g/mol. The van der Waals surface area contributed by atoms with Crippen LogP contribution in [-0.2, 0) is 0 Å². The molecule has 1 rings (SSSR count). The molecule has 0 heterocycles. The molecular formula is C19H42B. The van der Waals surface area contributed by atoms with E-state index in [-0.39, 0.29) is 8.41 Å². The minimum Gasteiger partial charge on any atom is -0.0683 e. The molecule has 0 nitrogen and oxygen atoms in total. The maximum atomic E-state index is 2.34. The molecule has 0 saturated heterocycles. The fourth-order valence-electron chi connectivity index (χ4n) is 2.95. The van der Waals surface area contributed by atoms with Gasteiger partial charge in [0.05, 0.1) is 0 Å². The van der Waals surface area contributed by atoms with Crippen LogP contribution in [0, 0.1) is 23.7 Å². The van der Waals surface area contributed by atoms with E-state index in [1.807, 2.05) is 13.8 Å². The van der Waals surface area contributed by atoms with Crippen LogP contribution in [0.5, 0.6) is 0 Å². The van der Waals surface area contributed by atoms with Crippen LogP contribution < -0.4 is 0 Å². The zero-order chi connectivity index (χ0) is 15.3. The van der Waals surface area contributed by atoms with Gasteiger partial charge in [0.1, 0.15) is 0 Å². The molecule has 1 aliphatic rings. The van der Waals surface area contributed by atoms with Crippen molar-refractivity contribution in [3.05, 3.63) is 0 Å². The highest BCUT2D eigenvalue weighted by atomic mass is 14.3. The second-order valence-corrected chi connectivity index (χ2v) is 6.82. The van der Waals surface area contributed by atoms with E-state index in [0.29, 0.717) is 0 Å². The Morgan fingerprint density at radius 1 is 0.750 bits per heavy atom. The highest BCUT2D eigenvalue weighted by Gasteiger charge is 2.29. The molecule has 0 amide bonds. The van der Waals surface area contributed by atoms with Crippen LogP contribution in [-0.4, -0.2) is 8.41 Å². The Morgan fingerprint density at radius 2 is 1.05 bits per heavy atom. The normalized spacial score (nSPS) is 20.1. The van der Waals surface area contributed by atoms with E-state index >= 15 is 0 Å². The van der Waals surface area contributed by atoms with Crippen LogP contribution in [0.3, 0.4) is 0 Å². The van der Waals surface area contributed by atoms with Gasteiger partial charge in [-0.3, -0.25) is 0 Å². The van der Waals surface area contributed by atoms with Crippen LogP contribution in [0.4, 0.5) is 0 Å². The van der Waals surface area contributed by atoms with E-state index in [0.717, 1.165) is 23.7 Å². The molecule has 3 radical (unpaired) electrons. The van der Waals surface area contributed by atoms with Gasteiger partial charge in [-0.1, -0.05) is 74.7 Å². The van der Waals surface area contributed by atoms with Crippen molar-refractivity contribution in [2.24, 2.45) is 23.7 Å². The molecule has 0 bridgehead atoms. The van der Waals surface area contributed by atoms with Crippen LogP contribution in [0.1, 0.15) is 100 Å². The predicted octanol–water partition coefficient (Wildman–Crippen LogP) is 6.95. The highest BCUT2D eigenvalue weighted by Crippen LogP contribution is 2.41. The van der Waals surface area contributed by atoms with Gasteiger partial charge in [0, 0.05) is 8.41 Å². The molecule has 0 spiro atoms. The summed E-state index contributed by atoms with van der Waals surface area (Å²) in [5.41, 5.74) is 0. The van der Waals surface area contributed by atoms with Gasteiger partial charge in [-0.25, -0.2) is 0 Å². The Morgan fingerprint density at radius 3 is 1.20 bits per heavy atom. The number of unbranched alkanes of at least 4 members (excludes halogenated alkanes) is 2. The lowest BCUT2D eigenvalue weighted by molar-refractivity contribution is 0.142. The molecule has 0 atom stereocenters. The first-order chi connectivity index (χ1) is 8.99. The van der Waals surface area contributed by atoms with Crippen LogP contribution in [0.2, 0.25) is 0 Å². The zero-order valence-electron chi connectivity index (χ0n) is 15.8. The smallest absolute Gasteiger partial charge is 0 e. The van der Waals surface area contributed by atoms with Crippen molar-refractivity contribution in [2.45, 2.75) is 100 Å². The summed E-state index contributed by atoms with van der Waals surface area (Å²) in [6.07, 6.45) is 10.1. The molecule has 1 heteroatoms. The second-order valence-electron chi connectivity index (χ2n) is 6.82. The summed E-state index contributed by atoms with van der Waals surface area (Å²) in [5.74, 6) is 3.98. The topological polar surface area (TPSA) is 0 Å². The summed E-state index contributed by atoms with van der Waals surface area (Å²) >= 11 is 0. The van der Waals surface area contributed by atoms with Gasteiger partial charge in [-0.05, 0) is 49.4 Å². The predicted molar refractivity (Wildman–Crippen MR) is 97.4 cm³/mol. The van der Waals surface area contributed by atoms with Gasteiger partial charge in [0.25, 0.3) is 0 Å². The number of rotatable bonds is 6. The minimum atomic E-state index is 0. The maximum absolute atomic E-state index is 2.34. The quantitative estimate of drug-likeness (QED) is 0.462. The lowest BCUT2D eigenvalue weighted by Gasteiger charge is -2.37. The molecule has 0 aromatic rings. The number of hydrogen-bond donors (Lipinski definition) is 0. The molecular weight excluding hydrogens is 239 g/mol. The minimum absolute atomic E-state index is 0. The van der Waals surface area contributed by atoms with Crippen molar-refractivity contribution in [1.29, 1.82) is 0 Å². The summed E-state index contributed by atoms with van der Waals surface area (Å²) in [6, 6.07) is 0. The van der Waals surface area contributed by atoms with Crippen molar-refractivity contribution in [2.75, 3.05) is 0 Å². The first-order valence-corrected chi connectivity index (χ1v) is 8.99. The Kier molecular flexibility index (Phi) is 21.4. The SMILES string of the molecule is CC.CC(C)CC1CC(CC(C)C)C1.CCCCC.[B]. The van der Waals surface area contributed by atoms with Gasteiger partial charge in [0.15, 0.2) is 0 Å². The third kappa shape index (κ3) is 16.1. The van der Waals surface area contributed by atoms with Crippen molar-refractivity contribution in [1.82, 2.24) is 0 Å². The lowest BCUT2D eigenvalue weighted by atomic mass is 9.69. The van der Waals surface area contributed by atoms with E-state index in [1.165, 1.54) is 44.9 Å². The monoisotopic (exact) mass is 281 g/mol. The van der Waals surface area contributed by atoms with E-state index in [4.69, 9.17) is 0 Å². The Bertz CT molecular complexity index is 141. The van der Waals surface area contributed by atoms with Crippen LogP contribution in [0.15, 0.2) is 0 Å². The van der Waals surface area contributed by atoms with E-state index < -0.39 is 0 Å². The molecule has 20 heavy (non-hydrogen) atoms. The first-order valence-electron chi connectivity index (χ1n) is 8.99. The summed E-state index contributed by atoms with van der Waals surface area (Å²) in [4.78, 5) is 0. The molecule has 0 N–H and O–H groups in total. The molecule has 0 aliphatic heterocycles. The van der Waals surface area contributed by atoms with Crippen molar-refractivity contribution >= 4 is 8.41 Å². The summed E-state index contributed by atoms with van der Waals surface area (Å²) in [7, 11) is 0. The van der Waals surface area contributed by atoms with E-state index in [1.54, 1.807) is 0 Å². The fraction of sp³-hybridized carbons (Fsp3) is 1.00. The van der Waals surface area contributed by atoms with Crippen LogP contribution in [0.25, 0.3) is 0 Å². The Hall–Kier alpha value is 0.0649. The average Bonchev–Trinajstić information content (AvgIpc) is 2.30. The standard InChI is InChI=1S/C12H24.C5H12.C2H6.B/c1-9(2)5-11-7-12(8-11)6-10(3)4;1-3-5-4-2;1-2;/h9-12H,5-8H2,1-4H3;3-5H2,1-2H3;1-2H3;. The van der Waals surface area contributed by atoms with Crippen molar-refractivity contribution in [3.8, 4) is 0 Å². The zero-order valence-corrected chi connectivity index (χ0v) is 15.8. The molecule has 0 unspecified atom stereocenters. The van der Waals surface area contributed by atoms with Gasteiger partial charge < -0.3 is 0 Å². The van der Waals surface area contributed by atoms with Crippen LogP contribution >= 0.6 is 0 Å². The Labute approximate surface area is 133 Å². The fourth-order valence-corrected chi connectivity index (χ4v) is 2.95. The Balaban J connectivity index is -0.000000310. The largest absolute Gasteiger partial charge is 0.0683 e. The molecule has 1 saturated carbocycles. The van der Waals surface area contributed by atoms with Crippen molar-refractivity contribution in [3.63, 3.8) is 0 Å². The van der Waals surface area contributed by atoms with Gasteiger partial charge in [-0.15, -0.1) is 0 Å². The maximum Gasteiger partial charge on any atom is 0 e. The second kappa shape index (κ2) is 17.1. The third-order valence-electron chi connectivity index (χ3n) is 3.65. The van der Waals surface area contributed by atoms with Gasteiger partial charge >= 0.3 is 0 Å². The van der Waals surface area contributed by atoms with Crippen molar-refractivity contribution < 1.29 is 0 Å². The highest BCUT2D eigenvalue weighted by molar-refractivity contribution is 5.75. The summed E-state index contributed by atoms with van der Waals surface area (Å²) in [6.45, 7) is 17.8. The van der Waals surface area contributed by atoms with Gasteiger partial charge in [0.2, 0.25) is 0 Å². The molecule has 1 aliphatic carbocycles. The first kappa shape index (κ1) is 25.0. The molecule has 0 aromatic carbocycles. The van der Waals surface area contributed by atoms with E-state index in [2.05, 4.69) is 41.5 Å². The summed E-state index contributed by atoms with van der Waals surface area (Å²) in [5, 5.41) is 0. The lowest BCUT2D eigenvalue weighted by Crippen LogP contribution is -2.25. The van der Waals surface area contributed by atoms with E-state index in [9.17, 15) is 0 Å². The molecule has 1 fully saturated rings. The number of hydrogen-bond acceptors (Lipinski definition) is 0. The third-order valence-corrected chi connectivity index (χ3v) is 3.65.